The fourth-order valence-electron chi connectivity index (χ4n) is 3.50. The molecule has 26 heavy (non-hydrogen) atoms. The van der Waals surface area contributed by atoms with Gasteiger partial charge >= 0.3 is 11.9 Å². The number of hydrogen-bond donors (Lipinski definition) is 0. The molecule has 0 radical (unpaired) electrons. The second-order valence-electron chi connectivity index (χ2n) is 6.87. The largest absolute Gasteiger partial charge is 0.469 e. The van der Waals surface area contributed by atoms with E-state index < -0.39 is 0 Å². The molecule has 0 unspecified atom stereocenters. The van der Waals surface area contributed by atoms with E-state index in [4.69, 9.17) is 4.74 Å². The molecule has 1 aliphatic rings. The van der Waals surface area contributed by atoms with Crippen molar-refractivity contribution in [1.82, 2.24) is 0 Å². The summed E-state index contributed by atoms with van der Waals surface area (Å²) in [6.45, 7) is 0.312. The Labute approximate surface area is 155 Å². The van der Waals surface area contributed by atoms with E-state index >= 15 is 0 Å². The van der Waals surface area contributed by atoms with Gasteiger partial charge in [-0.3, -0.25) is 9.59 Å². The SMILES string of the molecule is COC(=O)CCCCCC[C@@H]1C(=O)CC[C@@H]1COC(=O)c1ccccc1. The molecule has 0 aromatic heterocycles. The Morgan fingerprint density at radius 1 is 1.08 bits per heavy atom. The summed E-state index contributed by atoms with van der Waals surface area (Å²) in [4.78, 5) is 35.3. The molecule has 5 heteroatoms. The van der Waals surface area contributed by atoms with Crippen LogP contribution in [-0.4, -0.2) is 31.4 Å². The van der Waals surface area contributed by atoms with Crippen LogP contribution >= 0.6 is 0 Å². The first kappa shape index (κ1) is 20.1. The van der Waals surface area contributed by atoms with E-state index in [1.165, 1.54) is 7.11 Å². The lowest BCUT2D eigenvalue weighted by Gasteiger charge is -2.18. The molecular weight excluding hydrogens is 332 g/mol. The first-order valence-corrected chi connectivity index (χ1v) is 9.43. The van der Waals surface area contributed by atoms with Crippen LogP contribution in [0.25, 0.3) is 0 Å². The summed E-state index contributed by atoms with van der Waals surface area (Å²) in [5.41, 5.74) is 0.541. The maximum absolute atomic E-state index is 12.1. The Balaban J connectivity index is 1.69. The average Bonchev–Trinajstić information content (AvgIpc) is 3.02. The van der Waals surface area contributed by atoms with Crippen LogP contribution < -0.4 is 0 Å². The third-order valence-electron chi connectivity index (χ3n) is 5.06. The first-order chi connectivity index (χ1) is 12.6. The minimum Gasteiger partial charge on any atom is -0.469 e. The molecule has 0 heterocycles. The van der Waals surface area contributed by atoms with Crippen molar-refractivity contribution >= 4 is 17.7 Å². The molecule has 1 aliphatic carbocycles. The summed E-state index contributed by atoms with van der Waals surface area (Å²) >= 11 is 0. The van der Waals surface area contributed by atoms with E-state index in [1.54, 1.807) is 24.3 Å². The molecule has 0 spiro atoms. The van der Waals surface area contributed by atoms with Crippen LogP contribution in [0.2, 0.25) is 0 Å². The highest BCUT2D eigenvalue weighted by atomic mass is 16.5. The number of rotatable bonds is 10. The van der Waals surface area contributed by atoms with E-state index in [2.05, 4.69) is 4.74 Å². The Bertz CT molecular complexity index is 596. The van der Waals surface area contributed by atoms with Gasteiger partial charge in [-0.15, -0.1) is 0 Å². The standard InChI is InChI=1S/C21H28O5/c1-25-20(23)12-8-3-2-7-11-18-17(13-14-19(18)22)15-26-21(24)16-9-5-4-6-10-16/h4-6,9-10,17-18H,2-3,7-8,11-15H2,1H3/t17-,18+/m1/s1. The maximum Gasteiger partial charge on any atom is 0.338 e. The van der Waals surface area contributed by atoms with Crippen LogP contribution in [0.3, 0.4) is 0 Å². The summed E-state index contributed by atoms with van der Waals surface area (Å²) < 4.78 is 10.1. The zero-order valence-electron chi connectivity index (χ0n) is 15.4. The zero-order chi connectivity index (χ0) is 18.8. The first-order valence-electron chi connectivity index (χ1n) is 9.43. The van der Waals surface area contributed by atoms with E-state index in [0.717, 1.165) is 38.5 Å². The van der Waals surface area contributed by atoms with Gasteiger partial charge < -0.3 is 9.47 Å². The van der Waals surface area contributed by atoms with Crippen LogP contribution in [-0.2, 0) is 19.1 Å². The second-order valence-corrected chi connectivity index (χ2v) is 6.87. The number of benzene rings is 1. The van der Waals surface area contributed by atoms with Crippen LogP contribution in [0.1, 0.15) is 61.7 Å². The van der Waals surface area contributed by atoms with E-state index in [9.17, 15) is 14.4 Å². The number of Topliss-reactive ketones (excluding diaryl/α,β-unsaturated/α-hetero) is 1. The van der Waals surface area contributed by atoms with Crippen molar-refractivity contribution in [3.63, 3.8) is 0 Å². The topological polar surface area (TPSA) is 69.7 Å². The lowest BCUT2D eigenvalue weighted by molar-refractivity contribution is -0.140. The molecule has 0 N–H and O–H groups in total. The molecule has 5 nitrogen and oxygen atoms in total. The van der Waals surface area contributed by atoms with E-state index in [0.29, 0.717) is 30.8 Å². The van der Waals surface area contributed by atoms with Gasteiger partial charge in [0.1, 0.15) is 5.78 Å². The van der Waals surface area contributed by atoms with Crippen LogP contribution in [0.4, 0.5) is 0 Å². The van der Waals surface area contributed by atoms with Gasteiger partial charge in [-0.05, 0) is 31.4 Å². The third kappa shape index (κ3) is 6.28. The minimum atomic E-state index is -0.327. The highest BCUT2D eigenvalue weighted by Gasteiger charge is 2.34. The molecule has 2 atom stereocenters. The molecule has 0 amide bonds. The quantitative estimate of drug-likeness (QED) is 0.467. The van der Waals surface area contributed by atoms with Crippen molar-refractivity contribution in [3.8, 4) is 0 Å². The van der Waals surface area contributed by atoms with Crippen molar-refractivity contribution < 1.29 is 23.9 Å². The third-order valence-corrected chi connectivity index (χ3v) is 5.06. The molecule has 2 rings (SSSR count). The van der Waals surface area contributed by atoms with E-state index in [-0.39, 0.29) is 23.8 Å². The minimum absolute atomic E-state index is 0.000759. The molecule has 0 bridgehead atoms. The molecule has 0 saturated heterocycles. The van der Waals surface area contributed by atoms with Gasteiger partial charge in [0.25, 0.3) is 0 Å². The summed E-state index contributed by atoms with van der Waals surface area (Å²) in [7, 11) is 1.40. The zero-order valence-corrected chi connectivity index (χ0v) is 15.4. The molecule has 0 aliphatic heterocycles. The molecule has 1 aromatic rings. The number of esters is 2. The number of hydrogen-bond acceptors (Lipinski definition) is 5. The predicted octanol–water partition coefficient (Wildman–Crippen LogP) is 3.95. The maximum atomic E-state index is 12.1. The summed E-state index contributed by atoms with van der Waals surface area (Å²) in [5.74, 6) is -0.0764. The Kier molecular flexibility index (Phi) is 8.32. The fourth-order valence-corrected chi connectivity index (χ4v) is 3.50. The van der Waals surface area contributed by atoms with E-state index in [1.807, 2.05) is 6.07 Å². The lowest BCUT2D eigenvalue weighted by Crippen LogP contribution is -2.21. The number of carbonyl (C=O) groups is 3. The normalized spacial score (nSPS) is 19.3. The van der Waals surface area contributed by atoms with Gasteiger partial charge in [0.2, 0.25) is 0 Å². The highest BCUT2D eigenvalue weighted by molar-refractivity contribution is 5.89. The predicted molar refractivity (Wildman–Crippen MR) is 97.7 cm³/mol. The average molecular weight is 360 g/mol. The van der Waals surface area contributed by atoms with Crippen molar-refractivity contribution in [2.24, 2.45) is 11.8 Å². The second kappa shape index (κ2) is 10.7. The summed E-state index contributed by atoms with van der Waals surface area (Å²) in [5, 5.41) is 0. The number of methoxy groups -OCH3 is 1. The highest BCUT2D eigenvalue weighted by Crippen LogP contribution is 2.33. The molecular formula is C21H28O5. The number of ketones is 1. The molecule has 1 fully saturated rings. The van der Waals surface area contributed by atoms with Crippen LogP contribution in [0, 0.1) is 11.8 Å². The summed E-state index contributed by atoms with van der Waals surface area (Å²) in [6.07, 6.45) is 6.42. The van der Waals surface area contributed by atoms with Crippen molar-refractivity contribution in [2.45, 2.75) is 51.4 Å². The van der Waals surface area contributed by atoms with Gasteiger partial charge in [0, 0.05) is 24.7 Å². The van der Waals surface area contributed by atoms with Gasteiger partial charge in [-0.2, -0.15) is 0 Å². The molecule has 1 saturated carbocycles. The van der Waals surface area contributed by atoms with Gasteiger partial charge in [-0.1, -0.05) is 37.5 Å². The van der Waals surface area contributed by atoms with Crippen molar-refractivity contribution in [1.29, 1.82) is 0 Å². The van der Waals surface area contributed by atoms with Gasteiger partial charge in [0.05, 0.1) is 19.3 Å². The fraction of sp³-hybridized carbons (Fsp3) is 0.571. The number of unbranched alkanes of at least 4 members (excludes halogenated alkanes) is 3. The van der Waals surface area contributed by atoms with Gasteiger partial charge in [-0.25, -0.2) is 4.79 Å². The smallest absolute Gasteiger partial charge is 0.338 e. The monoisotopic (exact) mass is 360 g/mol. The number of ether oxygens (including phenoxy) is 2. The number of carbonyl (C=O) groups excluding carboxylic acids is 3. The summed E-state index contributed by atoms with van der Waals surface area (Å²) in [6, 6.07) is 8.92. The van der Waals surface area contributed by atoms with Crippen LogP contribution in [0.15, 0.2) is 30.3 Å². The Hall–Kier alpha value is -2.17. The van der Waals surface area contributed by atoms with Crippen molar-refractivity contribution in [3.05, 3.63) is 35.9 Å². The Morgan fingerprint density at radius 3 is 2.54 bits per heavy atom. The molecule has 142 valence electrons. The van der Waals surface area contributed by atoms with Gasteiger partial charge in [0.15, 0.2) is 0 Å². The molecule has 1 aromatic carbocycles. The van der Waals surface area contributed by atoms with Crippen LogP contribution in [0.5, 0.6) is 0 Å². The lowest BCUT2D eigenvalue weighted by atomic mass is 9.90. The van der Waals surface area contributed by atoms with Crippen molar-refractivity contribution in [2.75, 3.05) is 13.7 Å². The Morgan fingerprint density at radius 2 is 1.81 bits per heavy atom.